The Labute approximate surface area is 126 Å². The summed E-state index contributed by atoms with van der Waals surface area (Å²) in [6.45, 7) is 1.89. The first-order valence-electron chi connectivity index (χ1n) is 7.79. The highest BCUT2D eigenvalue weighted by Gasteiger charge is 2.20. The zero-order valence-corrected chi connectivity index (χ0v) is 12.9. The van der Waals surface area contributed by atoms with Crippen molar-refractivity contribution in [1.29, 1.82) is 0 Å². The van der Waals surface area contributed by atoms with Gasteiger partial charge in [-0.25, -0.2) is 4.39 Å². The van der Waals surface area contributed by atoms with Crippen molar-refractivity contribution < 1.29 is 9.18 Å². The fourth-order valence-corrected chi connectivity index (χ4v) is 2.91. The van der Waals surface area contributed by atoms with E-state index in [0.717, 1.165) is 24.0 Å². The van der Waals surface area contributed by atoms with Crippen molar-refractivity contribution in [2.24, 2.45) is 0 Å². The number of amides is 1. The van der Waals surface area contributed by atoms with Crippen molar-refractivity contribution in [3.05, 3.63) is 41.7 Å². The van der Waals surface area contributed by atoms with E-state index >= 15 is 0 Å². The van der Waals surface area contributed by atoms with Gasteiger partial charge in [-0.15, -0.1) is 0 Å². The molecule has 0 N–H and O–H groups in total. The first kappa shape index (κ1) is 15.7. The lowest BCUT2D eigenvalue weighted by molar-refractivity contribution is -0.126. The van der Waals surface area contributed by atoms with Crippen LogP contribution in [-0.4, -0.2) is 23.9 Å². The minimum Gasteiger partial charge on any atom is -0.339 e. The Bertz CT molecular complexity index is 498. The molecule has 1 aromatic rings. The SMILES string of the molecule is C/C(=C\C(=O)N(C)C1CCCCCC1)c1ccc(F)cc1. The largest absolute Gasteiger partial charge is 0.339 e. The summed E-state index contributed by atoms with van der Waals surface area (Å²) in [6.07, 6.45) is 8.85. The van der Waals surface area contributed by atoms with E-state index in [1.165, 1.54) is 37.8 Å². The number of benzene rings is 1. The molecule has 1 aliphatic rings. The maximum Gasteiger partial charge on any atom is 0.246 e. The third-order valence-corrected chi connectivity index (χ3v) is 4.36. The van der Waals surface area contributed by atoms with Crippen molar-refractivity contribution in [2.45, 2.75) is 51.5 Å². The maximum atomic E-state index is 12.9. The molecule has 2 nitrogen and oxygen atoms in total. The van der Waals surface area contributed by atoms with Gasteiger partial charge in [0.2, 0.25) is 5.91 Å². The molecule has 0 spiro atoms. The van der Waals surface area contributed by atoms with Gasteiger partial charge < -0.3 is 4.90 Å². The normalized spacial score (nSPS) is 17.4. The van der Waals surface area contributed by atoms with Gasteiger partial charge in [0.25, 0.3) is 0 Å². The highest BCUT2D eigenvalue weighted by atomic mass is 19.1. The van der Waals surface area contributed by atoms with Gasteiger partial charge >= 0.3 is 0 Å². The summed E-state index contributed by atoms with van der Waals surface area (Å²) < 4.78 is 12.9. The number of hydrogen-bond acceptors (Lipinski definition) is 1. The molecule has 0 aromatic heterocycles. The molecule has 114 valence electrons. The lowest BCUT2D eigenvalue weighted by Gasteiger charge is -2.26. The van der Waals surface area contributed by atoms with E-state index in [-0.39, 0.29) is 11.7 Å². The van der Waals surface area contributed by atoms with Crippen LogP contribution in [0.15, 0.2) is 30.3 Å². The Morgan fingerprint density at radius 1 is 1.14 bits per heavy atom. The predicted octanol–water partition coefficient (Wildman–Crippen LogP) is 4.41. The van der Waals surface area contributed by atoms with Gasteiger partial charge in [0, 0.05) is 19.2 Å². The van der Waals surface area contributed by atoms with Crippen LogP contribution >= 0.6 is 0 Å². The van der Waals surface area contributed by atoms with Crippen molar-refractivity contribution in [2.75, 3.05) is 7.05 Å². The highest BCUT2D eigenvalue weighted by molar-refractivity contribution is 5.94. The minimum atomic E-state index is -0.256. The monoisotopic (exact) mass is 289 g/mol. The van der Waals surface area contributed by atoms with Crippen molar-refractivity contribution in [3.8, 4) is 0 Å². The number of allylic oxidation sites excluding steroid dienone is 1. The van der Waals surface area contributed by atoms with Gasteiger partial charge in [-0.3, -0.25) is 4.79 Å². The van der Waals surface area contributed by atoms with E-state index in [2.05, 4.69) is 0 Å². The number of hydrogen-bond donors (Lipinski definition) is 0. The first-order valence-corrected chi connectivity index (χ1v) is 7.79. The molecule has 0 radical (unpaired) electrons. The molecule has 2 rings (SSSR count). The summed E-state index contributed by atoms with van der Waals surface area (Å²) >= 11 is 0. The topological polar surface area (TPSA) is 20.3 Å². The highest BCUT2D eigenvalue weighted by Crippen LogP contribution is 2.22. The van der Waals surface area contributed by atoms with Crippen LogP contribution in [0.5, 0.6) is 0 Å². The summed E-state index contributed by atoms with van der Waals surface area (Å²) in [5, 5.41) is 0. The summed E-state index contributed by atoms with van der Waals surface area (Å²) in [7, 11) is 1.90. The maximum absolute atomic E-state index is 12.9. The molecule has 0 aliphatic heterocycles. The second kappa shape index (κ2) is 7.39. The number of likely N-dealkylation sites (N-methyl/N-ethyl adjacent to an activating group) is 1. The third-order valence-electron chi connectivity index (χ3n) is 4.36. The van der Waals surface area contributed by atoms with Crippen LogP contribution in [0.4, 0.5) is 4.39 Å². The number of nitrogens with zero attached hydrogens (tertiary/aromatic N) is 1. The number of carbonyl (C=O) groups is 1. The number of carbonyl (C=O) groups excluding carboxylic acids is 1. The Kier molecular flexibility index (Phi) is 5.54. The van der Waals surface area contributed by atoms with Crippen LogP contribution in [-0.2, 0) is 4.79 Å². The number of halogens is 1. The molecular weight excluding hydrogens is 265 g/mol. The number of rotatable bonds is 3. The van der Waals surface area contributed by atoms with Crippen LogP contribution < -0.4 is 0 Å². The lowest BCUT2D eigenvalue weighted by atomic mass is 10.1. The molecule has 1 fully saturated rings. The van der Waals surface area contributed by atoms with E-state index < -0.39 is 0 Å². The van der Waals surface area contributed by atoms with E-state index in [9.17, 15) is 9.18 Å². The average Bonchev–Trinajstić information content (AvgIpc) is 2.76. The van der Waals surface area contributed by atoms with Crippen molar-refractivity contribution in [1.82, 2.24) is 4.90 Å². The molecule has 0 unspecified atom stereocenters. The fourth-order valence-electron chi connectivity index (χ4n) is 2.91. The van der Waals surface area contributed by atoms with E-state index in [1.807, 2.05) is 18.9 Å². The van der Waals surface area contributed by atoms with Crippen LogP contribution in [0.3, 0.4) is 0 Å². The first-order chi connectivity index (χ1) is 10.1. The van der Waals surface area contributed by atoms with Crippen molar-refractivity contribution >= 4 is 11.5 Å². The van der Waals surface area contributed by atoms with Gasteiger partial charge in [-0.1, -0.05) is 37.8 Å². The van der Waals surface area contributed by atoms with Gasteiger partial charge in [0.05, 0.1) is 0 Å². The summed E-state index contributed by atoms with van der Waals surface area (Å²) in [5.41, 5.74) is 1.76. The third kappa shape index (κ3) is 4.42. The van der Waals surface area contributed by atoms with E-state index in [1.54, 1.807) is 18.2 Å². The van der Waals surface area contributed by atoms with Crippen LogP contribution in [0.1, 0.15) is 51.0 Å². The molecule has 0 saturated heterocycles. The molecule has 21 heavy (non-hydrogen) atoms. The lowest BCUT2D eigenvalue weighted by Crippen LogP contribution is -2.35. The van der Waals surface area contributed by atoms with Gasteiger partial charge in [-0.2, -0.15) is 0 Å². The van der Waals surface area contributed by atoms with Gasteiger partial charge in [-0.05, 0) is 43.0 Å². The molecular formula is C18H24FNO. The van der Waals surface area contributed by atoms with Crippen LogP contribution in [0.25, 0.3) is 5.57 Å². The molecule has 1 aliphatic carbocycles. The summed E-state index contributed by atoms with van der Waals surface area (Å²) in [6, 6.07) is 6.62. The molecule has 0 atom stereocenters. The predicted molar refractivity (Wildman–Crippen MR) is 84.3 cm³/mol. The standard InChI is InChI=1S/C18H24FNO/c1-14(15-9-11-16(19)12-10-15)13-18(21)20(2)17-7-5-3-4-6-8-17/h9-13,17H,3-8H2,1-2H3/b14-13+. The zero-order chi connectivity index (χ0) is 15.2. The molecule has 0 bridgehead atoms. The molecule has 0 heterocycles. The fraction of sp³-hybridized carbons (Fsp3) is 0.500. The zero-order valence-electron chi connectivity index (χ0n) is 12.9. The minimum absolute atomic E-state index is 0.0451. The quantitative estimate of drug-likeness (QED) is 0.596. The second-order valence-electron chi connectivity index (χ2n) is 5.93. The molecule has 3 heteroatoms. The van der Waals surface area contributed by atoms with Crippen LogP contribution in [0.2, 0.25) is 0 Å². The Morgan fingerprint density at radius 3 is 2.29 bits per heavy atom. The van der Waals surface area contributed by atoms with Crippen LogP contribution in [0, 0.1) is 5.82 Å². The molecule has 1 aromatic carbocycles. The van der Waals surface area contributed by atoms with Gasteiger partial charge in [0.15, 0.2) is 0 Å². The molecule has 1 saturated carbocycles. The van der Waals surface area contributed by atoms with Gasteiger partial charge in [0.1, 0.15) is 5.82 Å². The Morgan fingerprint density at radius 2 is 1.71 bits per heavy atom. The Hall–Kier alpha value is -1.64. The summed E-state index contributed by atoms with van der Waals surface area (Å²) in [4.78, 5) is 14.3. The second-order valence-corrected chi connectivity index (χ2v) is 5.93. The smallest absolute Gasteiger partial charge is 0.246 e. The summed E-state index contributed by atoms with van der Waals surface area (Å²) in [5.74, 6) is -0.211. The molecule has 1 amide bonds. The average molecular weight is 289 g/mol. The Balaban J connectivity index is 2.04. The van der Waals surface area contributed by atoms with E-state index in [0.29, 0.717) is 6.04 Å². The van der Waals surface area contributed by atoms with E-state index in [4.69, 9.17) is 0 Å². The van der Waals surface area contributed by atoms with Crippen molar-refractivity contribution in [3.63, 3.8) is 0 Å².